The molecule has 3 heteroatoms. The van der Waals surface area contributed by atoms with Gasteiger partial charge >= 0.3 is 0 Å². The predicted molar refractivity (Wildman–Crippen MR) is 104 cm³/mol. The van der Waals surface area contributed by atoms with Crippen LogP contribution >= 0.6 is 0 Å². The smallest absolute Gasteiger partial charge is 0.267 e. The summed E-state index contributed by atoms with van der Waals surface area (Å²) in [5.41, 5.74) is 4.11. The van der Waals surface area contributed by atoms with E-state index in [1.807, 2.05) is 73.7 Å². The van der Waals surface area contributed by atoms with Crippen LogP contribution in [0.5, 0.6) is 0 Å². The molecular weight excluding hydrogens is 308 g/mol. The Morgan fingerprint density at radius 1 is 1.00 bits per heavy atom. The van der Waals surface area contributed by atoms with Gasteiger partial charge in [0, 0.05) is 0 Å². The maximum absolute atomic E-state index is 13.1. The van der Waals surface area contributed by atoms with E-state index >= 15 is 0 Å². The van der Waals surface area contributed by atoms with Crippen molar-refractivity contribution in [1.29, 1.82) is 0 Å². The van der Waals surface area contributed by atoms with Crippen molar-refractivity contribution < 1.29 is 4.79 Å². The van der Waals surface area contributed by atoms with Crippen LogP contribution in [0.4, 0.5) is 5.69 Å². The van der Waals surface area contributed by atoms with Crippen molar-refractivity contribution in [2.75, 3.05) is 5.01 Å². The van der Waals surface area contributed by atoms with Crippen LogP contribution < -0.4 is 5.01 Å². The zero-order valence-corrected chi connectivity index (χ0v) is 14.8. The molecule has 1 heterocycles. The molecule has 3 nitrogen and oxygen atoms in total. The molecule has 126 valence electrons. The molecule has 1 aliphatic heterocycles. The van der Waals surface area contributed by atoms with E-state index in [-0.39, 0.29) is 5.91 Å². The van der Waals surface area contributed by atoms with Crippen LogP contribution in [-0.2, 0) is 4.79 Å². The van der Waals surface area contributed by atoms with E-state index < -0.39 is 0 Å². The van der Waals surface area contributed by atoms with Gasteiger partial charge < -0.3 is 0 Å². The lowest BCUT2D eigenvalue weighted by Crippen LogP contribution is -2.22. The fraction of sp³-hybridized carbons (Fsp3) is 0.182. The Balaban J connectivity index is 2.11. The Kier molecular flexibility index (Phi) is 4.94. The van der Waals surface area contributed by atoms with E-state index in [2.05, 4.69) is 25.0 Å². The first kappa shape index (κ1) is 16.9. The third kappa shape index (κ3) is 3.61. The normalized spacial score (nSPS) is 16.7. The molecule has 0 bridgehead atoms. The minimum absolute atomic E-state index is 0.0871. The Bertz CT molecular complexity index is 846. The number of rotatable bonds is 4. The van der Waals surface area contributed by atoms with E-state index in [1.54, 1.807) is 0 Å². The van der Waals surface area contributed by atoms with Gasteiger partial charge in [0.05, 0.1) is 17.0 Å². The number of nitrogens with zero attached hydrogens (tertiary/aromatic N) is 2. The second-order valence-electron chi connectivity index (χ2n) is 6.40. The van der Waals surface area contributed by atoms with Crippen LogP contribution in [0.3, 0.4) is 0 Å². The molecule has 3 rings (SSSR count). The summed E-state index contributed by atoms with van der Waals surface area (Å²) >= 11 is 0. The number of allylic oxidation sites excluding steroid dienone is 3. The molecule has 0 N–H and O–H groups in total. The maximum Gasteiger partial charge on any atom is 0.281 e. The van der Waals surface area contributed by atoms with E-state index in [0.29, 0.717) is 11.5 Å². The molecule has 0 aliphatic carbocycles. The number of para-hydroxylation sites is 1. The largest absolute Gasteiger partial charge is 0.281 e. The Morgan fingerprint density at radius 3 is 2.20 bits per heavy atom. The van der Waals surface area contributed by atoms with Crippen molar-refractivity contribution in [2.45, 2.75) is 20.8 Å². The van der Waals surface area contributed by atoms with Crippen molar-refractivity contribution in [3.05, 3.63) is 84.0 Å². The van der Waals surface area contributed by atoms with Crippen molar-refractivity contribution >= 4 is 22.9 Å². The molecule has 1 amide bonds. The molecule has 0 fully saturated rings. The zero-order chi connectivity index (χ0) is 17.8. The van der Waals surface area contributed by atoms with Gasteiger partial charge in [0.2, 0.25) is 0 Å². The molecular formula is C22H22N2O. The number of benzene rings is 2. The third-order valence-electron chi connectivity index (χ3n) is 4.02. The summed E-state index contributed by atoms with van der Waals surface area (Å²) in [6.07, 6.45) is 4.15. The van der Waals surface area contributed by atoms with Crippen molar-refractivity contribution in [1.82, 2.24) is 0 Å². The van der Waals surface area contributed by atoms with Crippen LogP contribution in [0.15, 0.2) is 83.5 Å². The molecule has 0 unspecified atom stereocenters. The van der Waals surface area contributed by atoms with E-state index in [9.17, 15) is 4.79 Å². The average Bonchev–Trinajstić information content (AvgIpc) is 2.92. The van der Waals surface area contributed by atoms with Crippen molar-refractivity contribution in [2.24, 2.45) is 11.0 Å². The fourth-order valence-electron chi connectivity index (χ4n) is 2.79. The summed E-state index contributed by atoms with van der Waals surface area (Å²) in [4.78, 5) is 13.1. The Labute approximate surface area is 149 Å². The van der Waals surface area contributed by atoms with Crippen LogP contribution in [0.25, 0.3) is 5.57 Å². The van der Waals surface area contributed by atoms with Gasteiger partial charge in [-0.1, -0.05) is 74.5 Å². The lowest BCUT2D eigenvalue weighted by molar-refractivity contribution is -0.114. The molecule has 0 atom stereocenters. The highest BCUT2D eigenvalue weighted by Crippen LogP contribution is 2.30. The third-order valence-corrected chi connectivity index (χ3v) is 4.02. The minimum Gasteiger partial charge on any atom is -0.267 e. The summed E-state index contributed by atoms with van der Waals surface area (Å²) in [5, 5.41) is 5.99. The number of carbonyl (C=O) groups is 1. The summed E-state index contributed by atoms with van der Waals surface area (Å²) in [7, 11) is 0. The summed E-state index contributed by atoms with van der Waals surface area (Å²) in [6, 6.07) is 19.5. The van der Waals surface area contributed by atoms with Gasteiger partial charge in [-0.2, -0.15) is 10.1 Å². The van der Waals surface area contributed by atoms with Crippen molar-refractivity contribution in [3.8, 4) is 0 Å². The molecule has 1 aliphatic rings. The number of amides is 1. The van der Waals surface area contributed by atoms with E-state index in [1.165, 1.54) is 5.01 Å². The first-order valence-corrected chi connectivity index (χ1v) is 8.51. The summed E-state index contributed by atoms with van der Waals surface area (Å²) in [6.45, 7) is 6.14. The number of hydrogen-bond acceptors (Lipinski definition) is 2. The lowest BCUT2D eigenvalue weighted by atomic mass is 9.95. The Morgan fingerprint density at radius 2 is 1.60 bits per heavy atom. The molecule has 25 heavy (non-hydrogen) atoms. The maximum atomic E-state index is 13.1. The van der Waals surface area contributed by atoms with Crippen LogP contribution in [0.2, 0.25) is 0 Å². The van der Waals surface area contributed by atoms with Gasteiger partial charge in [-0.25, -0.2) is 0 Å². The second-order valence-corrected chi connectivity index (χ2v) is 6.40. The number of carbonyl (C=O) groups excluding carboxylic acids is 1. The van der Waals surface area contributed by atoms with Gasteiger partial charge in [0.25, 0.3) is 5.91 Å². The van der Waals surface area contributed by atoms with Crippen LogP contribution in [0, 0.1) is 5.92 Å². The van der Waals surface area contributed by atoms with Gasteiger partial charge in [0.15, 0.2) is 0 Å². The summed E-state index contributed by atoms with van der Waals surface area (Å²) < 4.78 is 0. The predicted octanol–water partition coefficient (Wildman–Crippen LogP) is 5.08. The monoisotopic (exact) mass is 330 g/mol. The molecule has 0 radical (unpaired) electrons. The van der Waals surface area contributed by atoms with E-state index in [4.69, 9.17) is 0 Å². The average molecular weight is 330 g/mol. The van der Waals surface area contributed by atoms with Gasteiger partial charge in [-0.05, 0) is 36.1 Å². The molecule has 0 aromatic heterocycles. The first-order valence-electron chi connectivity index (χ1n) is 8.51. The van der Waals surface area contributed by atoms with E-state index in [0.717, 1.165) is 22.5 Å². The first-order chi connectivity index (χ1) is 12.1. The quantitative estimate of drug-likeness (QED) is 0.720. The molecule has 0 spiro atoms. The van der Waals surface area contributed by atoms with Crippen molar-refractivity contribution in [3.63, 3.8) is 0 Å². The zero-order valence-electron chi connectivity index (χ0n) is 14.8. The molecule has 0 saturated carbocycles. The Hall–Kier alpha value is -2.94. The lowest BCUT2D eigenvalue weighted by Gasteiger charge is -2.13. The molecule has 2 aromatic carbocycles. The van der Waals surface area contributed by atoms with Crippen LogP contribution in [0.1, 0.15) is 26.3 Å². The number of hydrogen-bond donors (Lipinski definition) is 0. The number of anilines is 1. The SMILES string of the molecule is CC1=NN(c2ccccc2)C(=O)/C1=C(/C=CC(C)C)c1ccccc1. The number of hydrazone groups is 1. The minimum atomic E-state index is -0.0871. The second kappa shape index (κ2) is 7.31. The highest BCUT2D eigenvalue weighted by molar-refractivity contribution is 6.34. The highest BCUT2D eigenvalue weighted by Gasteiger charge is 2.31. The fourth-order valence-corrected chi connectivity index (χ4v) is 2.79. The topological polar surface area (TPSA) is 32.7 Å². The van der Waals surface area contributed by atoms with Gasteiger partial charge in [-0.15, -0.1) is 0 Å². The van der Waals surface area contributed by atoms with Crippen LogP contribution in [-0.4, -0.2) is 11.6 Å². The van der Waals surface area contributed by atoms with Gasteiger partial charge in [0.1, 0.15) is 0 Å². The standard InChI is InChI=1S/C22H22N2O/c1-16(2)14-15-20(18-10-6-4-7-11-18)21-17(3)23-24(22(21)25)19-12-8-5-9-13-19/h4-16H,1-3H3/b15-14?,21-20-. The molecule has 0 saturated heterocycles. The van der Waals surface area contributed by atoms with Gasteiger partial charge in [-0.3, -0.25) is 4.79 Å². The molecule has 2 aromatic rings. The summed E-state index contributed by atoms with van der Waals surface area (Å²) in [5.74, 6) is 0.314. The highest BCUT2D eigenvalue weighted by atomic mass is 16.2.